The monoisotopic (exact) mass is 259 g/mol. The van der Waals surface area contributed by atoms with Crippen molar-refractivity contribution in [3.8, 4) is 0 Å². The average Bonchev–Trinajstić information content (AvgIpc) is 2.37. The van der Waals surface area contributed by atoms with E-state index in [1.165, 1.54) is 0 Å². The Balaban J connectivity index is 2.09. The van der Waals surface area contributed by atoms with Gasteiger partial charge in [-0.15, -0.1) is 0 Å². The molecular weight excluding hydrogens is 238 g/mol. The third kappa shape index (κ3) is 3.67. The lowest BCUT2D eigenvalue weighted by molar-refractivity contribution is -0.139. The number of nitrogens with zero attached hydrogens (tertiary/aromatic N) is 1. The number of hydrogen-bond donors (Lipinski definition) is 0. The Hall–Kier alpha value is -1.61. The predicted molar refractivity (Wildman–Crippen MR) is 76.7 cm³/mol. The van der Waals surface area contributed by atoms with E-state index in [1.54, 1.807) is 0 Å². The summed E-state index contributed by atoms with van der Waals surface area (Å²) in [5.41, 5.74) is 1.83. The highest BCUT2D eigenvalue weighted by Gasteiger charge is 2.26. The zero-order chi connectivity index (χ0) is 13.8. The topological polar surface area (TPSA) is 29.5 Å². The molecule has 2 atom stereocenters. The molecule has 0 aromatic heterocycles. The Labute approximate surface area is 114 Å². The molecule has 0 unspecified atom stereocenters. The van der Waals surface area contributed by atoms with Crippen LogP contribution in [0.3, 0.4) is 0 Å². The van der Waals surface area contributed by atoms with Gasteiger partial charge < -0.3 is 9.64 Å². The molecule has 2 rings (SSSR count). The number of hydrogen-bond acceptors (Lipinski definition) is 2. The second-order valence-corrected chi connectivity index (χ2v) is 5.21. The molecule has 1 saturated heterocycles. The summed E-state index contributed by atoms with van der Waals surface area (Å²) in [5.74, 6) is 0.103. The Bertz CT molecular complexity index is 457. The van der Waals surface area contributed by atoms with Gasteiger partial charge in [-0.1, -0.05) is 30.3 Å². The first-order valence-corrected chi connectivity index (χ1v) is 6.74. The van der Waals surface area contributed by atoms with E-state index in [4.69, 9.17) is 4.74 Å². The Kier molecular flexibility index (Phi) is 4.38. The quantitative estimate of drug-likeness (QED) is 0.764. The number of ether oxygens (including phenoxy) is 1. The first-order chi connectivity index (χ1) is 9.06. The van der Waals surface area contributed by atoms with E-state index in [0.717, 1.165) is 11.1 Å². The molecule has 0 bridgehead atoms. The maximum Gasteiger partial charge on any atom is 0.249 e. The van der Waals surface area contributed by atoms with Crippen LogP contribution in [0.5, 0.6) is 0 Å². The van der Waals surface area contributed by atoms with Gasteiger partial charge >= 0.3 is 0 Å². The van der Waals surface area contributed by atoms with Crippen molar-refractivity contribution in [2.24, 2.45) is 0 Å². The fourth-order valence-electron chi connectivity index (χ4n) is 2.45. The average molecular weight is 259 g/mol. The van der Waals surface area contributed by atoms with Crippen LogP contribution in [0.25, 0.3) is 6.08 Å². The molecule has 1 aromatic carbocycles. The van der Waals surface area contributed by atoms with Crippen molar-refractivity contribution in [2.75, 3.05) is 13.1 Å². The highest BCUT2D eigenvalue weighted by molar-refractivity contribution is 5.97. The molecule has 1 aliphatic rings. The molecule has 102 valence electrons. The van der Waals surface area contributed by atoms with Crippen molar-refractivity contribution >= 4 is 12.0 Å². The molecular formula is C16H21NO2. The molecule has 1 heterocycles. The van der Waals surface area contributed by atoms with Crippen LogP contribution >= 0.6 is 0 Å². The summed E-state index contributed by atoms with van der Waals surface area (Å²) < 4.78 is 5.65. The molecule has 0 radical (unpaired) electrons. The van der Waals surface area contributed by atoms with Gasteiger partial charge in [-0.2, -0.15) is 0 Å². The molecule has 3 nitrogen and oxygen atoms in total. The van der Waals surface area contributed by atoms with Crippen molar-refractivity contribution in [1.82, 2.24) is 4.90 Å². The number of rotatable bonds is 2. The zero-order valence-electron chi connectivity index (χ0n) is 11.8. The third-order valence-electron chi connectivity index (χ3n) is 3.23. The number of benzene rings is 1. The maximum absolute atomic E-state index is 12.4. The molecule has 0 aliphatic carbocycles. The summed E-state index contributed by atoms with van der Waals surface area (Å²) >= 11 is 0. The summed E-state index contributed by atoms with van der Waals surface area (Å²) in [7, 11) is 0. The Morgan fingerprint density at radius 1 is 1.21 bits per heavy atom. The lowest BCUT2D eigenvalue weighted by atomic mass is 10.1. The minimum atomic E-state index is 0.103. The number of amides is 1. The highest BCUT2D eigenvalue weighted by Crippen LogP contribution is 2.15. The Morgan fingerprint density at radius 3 is 2.37 bits per heavy atom. The fraction of sp³-hybridized carbons (Fsp3) is 0.438. The van der Waals surface area contributed by atoms with Crippen LogP contribution in [0, 0.1) is 0 Å². The summed E-state index contributed by atoms with van der Waals surface area (Å²) in [5, 5.41) is 0. The minimum absolute atomic E-state index is 0.103. The minimum Gasteiger partial charge on any atom is -0.372 e. The van der Waals surface area contributed by atoms with Crippen molar-refractivity contribution < 1.29 is 9.53 Å². The molecule has 0 N–H and O–H groups in total. The van der Waals surface area contributed by atoms with Crippen molar-refractivity contribution in [1.29, 1.82) is 0 Å². The van der Waals surface area contributed by atoms with Gasteiger partial charge in [0.05, 0.1) is 12.2 Å². The van der Waals surface area contributed by atoms with E-state index in [1.807, 2.05) is 62.1 Å². The smallest absolute Gasteiger partial charge is 0.249 e. The van der Waals surface area contributed by atoms with Crippen LogP contribution in [0.15, 0.2) is 35.9 Å². The maximum atomic E-state index is 12.4. The normalized spacial score (nSPS) is 24.4. The van der Waals surface area contributed by atoms with Gasteiger partial charge in [0.15, 0.2) is 0 Å². The molecule has 3 heteroatoms. The van der Waals surface area contributed by atoms with Crippen molar-refractivity contribution in [3.05, 3.63) is 41.5 Å². The summed E-state index contributed by atoms with van der Waals surface area (Å²) in [6.45, 7) is 7.23. The molecule has 0 saturated carbocycles. The van der Waals surface area contributed by atoms with Gasteiger partial charge in [-0.3, -0.25) is 4.79 Å². The second-order valence-electron chi connectivity index (χ2n) is 5.21. The van der Waals surface area contributed by atoms with Crippen LogP contribution in [-0.2, 0) is 9.53 Å². The van der Waals surface area contributed by atoms with Crippen LogP contribution in [0.2, 0.25) is 0 Å². The van der Waals surface area contributed by atoms with Crippen LogP contribution in [-0.4, -0.2) is 36.1 Å². The first kappa shape index (κ1) is 13.8. The SMILES string of the molecule is C/C(=C/c1ccccc1)C(=O)N1C[C@H](C)O[C@@H](C)C1. The van der Waals surface area contributed by atoms with E-state index < -0.39 is 0 Å². The summed E-state index contributed by atoms with van der Waals surface area (Å²) in [6, 6.07) is 9.92. The third-order valence-corrected chi connectivity index (χ3v) is 3.23. The molecule has 1 fully saturated rings. The van der Waals surface area contributed by atoms with Crippen LogP contribution < -0.4 is 0 Å². The number of carbonyl (C=O) groups excluding carboxylic acids is 1. The first-order valence-electron chi connectivity index (χ1n) is 6.74. The van der Waals surface area contributed by atoms with Gasteiger partial charge in [0.25, 0.3) is 0 Å². The lowest BCUT2D eigenvalue weighted by Crippen LogP contribution is -2.48. The standard InChI is InChI=1S/C16H21NO2/c1-12(9-15-7-5-4-6-8-15)16(18)17-10-13(2)19-14(3)11-17/h4-9,13-14H,10-11H2,1-3H3/b12-9-/t13-,14-/m0/s1. The van der Waals surface area contributed by atoms with Crippen molar-refractivity contribution in [2.45, 2.75) is 33.0 Å². The van der Waals surface area contributed by atoms with E-state index >= 15 is 0 Å². The van der Waals surface area contributed by atoms with Crippen LogP contribution in [0.1, 0.15) is 26.3 Å². The van der Waals surface area contributed by atoms with E-state index in [2.05, 4.69) is 0 Å². The van der Waals surface area contributed by atoms with Gasteiger partial charge in [-0.05, 0) is 32.4 Å². The van der Waals surface area contributed by atoms with Gasteiger partial charge in [-0.25, -0.2) is 0 Å². The zero-order valence-corrected chi connectivity index (χ0v) is 11.8. The van der Waals surface area contributed by atoms with Gasteiger partial charge in [0.1, 0.15) is 0 Å². The molecule has 1 amide bonds. The van der Waals surface area contributed by atoms with Crippen LogP contribution in [0.4, 0.5) is 0 Å². The largest absolute Gasteiger partial charge is 0.372 e. The van der Waals surface area contributed by atoms with Crippen molar-refractivity contribution in [3.63, 3.8) is 0 Å². The fourth-order valence-corrected chi connectivity index (χ4v) is 2.45. The summed E-state index contributed by atoms with van der Waals surface area (Å²) in [6.07, 6.45) is 2.15. The van der Waals surface area contributed by atoms with Gasteiger partial charge in [0.2, 0.25) is 5.91 Å². The van der Waals surface area contributed by atoms with Gasteiger partial charge in [0, 0.05) is 18.7 Å². The summed E-state index contributed by atoms with van der Waals surface area (Å²) in [4.78, 5) is 14.3. The molecule has 19 heavy (non-hydrogen) atoms. The number of carbonyl (C=O) groups is 1. The number of morpholine rings is 1. The lowest BCUT2D eigenvalue weighted by Gasteiger charge is -2.35. The molecule has 0 spiro atoms. The van der Waals surface area contributed by atoms with E-state index in [9.17, 15) is 4.79 Å². The molecule has 1 aliphatic heterocycles. The van der Waals surface area contributed by atoms with E-state index in [-0.39, 0.29) is 18.1 Å². The second kappa shape index (κ2) is 6.02. The van der Waals surface area contributed by atoms with E-state index in [0.29, 0.717) is 13.1 Å². The Morgan fingerprint density at radius 2 is 1.79 bits per heavy atom. The highest BCUT2D eigenvalue weighted by atomic mass is 16.5. The molecule has 1 aromatic rings. The predicted octanol–water partition coefficient (Wildman–Crippen LogP) is 2.73.